The third-order valence-corrected chi connectivity index (χ3v) is 3.35. The predicted octanol–water partition coefficient (Wildman–Crippen LogP) is 0.744. The van der Waals surface area contributed by atoms with E-state index in [0.29, 0.717) is 12.5 Å². The largest absolute Gasteiger partial charge is 0.481 e. The standard InChI is InChI=1S/C12H20N2O5/c1-7-3-4-8(2)14(6-7)12(19)13-9(11(17)18)5-10(15)16/h7-9H,3-6H2,1-2H3,(H,13,19)(H,15,16)(H,17,18)/t7?,8?,9-/m1/s1. The first-order valence-electron chi connectivity index (χ1n) is 6.33. The van der Waals surface area contributed by atoms with Gasteiger partial charge in [-0.05, 0) is 25.7 Å². The lowest BCUT2D eigenvalue weighted by molar-refractivity contribution is -0.145. The second kappa shape index (κ2) is 6.40. The second-order valence-electron chi connectivity index (χ2n) is 5.12. The first-order valence-corrected chi connectivity index (χ1v) is 6.33. The number of likely N-dealkylation sites (tertiary alicyclic amines) is 1. The maximum absolute atomic E-state index is 12.0. The third kappa shape index (κ3) is 4.42. The van der Waals surface area contributed by atoms with Crippen LogP contribution in [-0.4, -0.2) is 51.7 Å². The molecule has 0 aromatic carbocycles. The van der Waals surface area contributed by atoms with Crippen molar-refractivity contribution in [2.45, 2.75) is 45.2 Å². The van der Waals surface area contributed by atoms with Crippen LogP contribution in [-0.2, 0) is 9.59 Å². The Hall–Kier alpha value is -1.79. The Kier molecular flexibility index (Phi) is 5.14. The molecular weight excluding hydrogens is 252 g/mol. The highest BCUT2D eigenvalue weighted by Crippen LogP contribution is 2.21. The van der Waals surface area contributed by atoms with E-state index in [1.165, 1.54) is 0 Å². The van der Waals surface area contributed by atoms with Gasteiger partial charge in [-0.2, -0.15) is 0 Å². The third-order valence-electron chi connectivity index (χ3n) is 3.35. The van der Waals surface area contributed by atoms with E-state index in [4.69, 9.17) is 10.2 Å². The Morgan fingerprint density at radius 2 is 1.89 bits per heavy atom. The number of carbonyl (C=O) groups is 3. The Balaban J connectivity index is 2.65. The van der Waals surface area contributed by atoms with E-state index >= 15 is 0 Å². The average Bonchev–Trinajstić information content (AvgIpc) is 2.30. The number of nitrogens with one attached hydrogen (secondary N) is 1. The van der Waals surface area contributed by atoms with Crippen LogP contribution in [0.4, 0.5) is 4.79 Å². The maximum atomic E-state index is 12.0. The van der Waals surface area contributed by atoms with E-state index in [0.717, 1.165) is 12.8 Å². The van der Waals surface area contributed by atoms with Crippen LogP contribution >= 0.6 is 0 Å². The molecule has 0 aromatic rings. The lowest BCUT2D eigenvalue weighted by atomic mass is 9.95. The maximum Gasteiger partial charge on any atom is 0.326 e. The highest BCUT2D eigenvalue weighted by atomic mass is 16.4. The molecule has 0 aliphatic carbocycles. The number of urea groups is 1. The summed E-state index contributed by atoms with van der Waals surface area (Å²) in [7, 11) is 0. The molecule has 0 radical (unpaired) electrons. The summed E-state index contributed by atoms with van der Waals surface area (Å²) < 4.78 is 0. The Bertz CT molecular complexity index is 371. The first-order chi connectivity index (χ1) is 8.81. The van der Waals surface area contributed by atoms with Gasteiger partial charge in [0.2, 0.25) is 0 Å². The van der Waals surface area contributed by atoms with Gasteiger partial charge in [0.15, 0.2) is 0 Å². The fraction of sp³-hybridized carbons (Fsp3) is 0.750. The van der Waals surface area contributed by atoms with Crippen molar-refractivity contribution in [1.82, 2.24) is 10.2 Å². The fourth-order valence-corrected chi connectivity index (χ4v) is 2.18. The molecule has 0 aromatic heterocycles. The zero-order chi connectivity index (χ0) is 14.6. The number of nitrogens with zero attached hydrogens (tertiary/aromatic N) is 1. The molecule has 1 aliphatic heterocycles. The zero-order valence-electron chi connectivity index (χ0n) is 11.1. The topological polar surface area (TPSA) is 107 Å². The molecule has 3 atom stereocenters. The second-order valence-corrected chi connectivity index (χ2v) is 5.12. The molecular formula is C12H20N2O5. The SMILES string of the molecule is CC1CCC(C)N(C(=O)N[C@H](CC(=O)O)C(=O)O)C1. The van der Waals surface area contributed by atoms with Crippen LogP contribution in [0.3, 0.4) is 0 Å². The number of carboxylic acids is 2. The Labute approximate surface area is 111 Å². The molecule has 2 amide bonds. The van der Waals surface area contributed by atoms with Crippen LogP contribution in [0.15, 0.2) is 0 Å². The van der Waals surface area contributed by atoms with E-state index in [9.17, 15) is 14.4 Å². The highest BCUT2D eigenvalue weighted by Gasteiger charge is 2.30. The van der Waals surface area contributed by atoms with Crippen LogP contribution in [0.5, 0.6) is 0 Å². The molecule has 19 heavy (non-hydrogen) atoms. The van der Waals surface area contributed by atoms with Gasteiger partial charge in [-0.15, -0.1) is 0 Å². The smallest absolute Gasteiger partial charge is 0.326 e. The van der Waals surface area contributed by atoms with Gasteiger partial charge in [0.1, 0.15) is 6.04 Å². The highest BCUT2D eigenvalue weighted by molar-refractivity contribution is 5.86. The number of piperidine rings is 1. The van der Waals surface area contributed by atoms with Crippen LogP contribution in [0.1, 0.15) is 33.1 Å². The summed E-state index contributed by atoms with van der Waals surface area (Å²) in [5.41, 5.74) is 0. The molecule has 1 saturated heterocycles. The summed E-state index contributed by atoms with van der Waals surface area (Å²) in [6.45, 7) is 4.49. The number of aliphatic carboxylic acids is 2. The van der Waals surface area contributed by atoms with Crippen LogP contribution < -0.4 is 5.32 Å². The van der Waals surface area contributed by atoms with Crippen molar-refractivity contribution in [3.8, 4) is 0 Å². The zero-order valence-corrected chi connectivity index (χ0v) is 11.1. The van der Waals surface area contributed by atoms with Crippen molar-refractivity contribution in [2.24, 2.45) is 5.92 Å². The van der Waals surface area contributed by atoms with Gasteiger partial charge in [0, 0.05) is 12.6 Å². The van der Waals surface area contributed by atoms with Crippen molar-refractivity contribution in [3.63, 3.8) is 0 Å². The van der Waals surface area contributed by atoms with Gasteiger partial charge in [-0.25, -0.2) is 9.59 Å². The minimum absolute atomic E-state index is 0.0375. The number of hydrogen-bond acceptors (Lipinski definition) is 3. The molecule has 0 spiro atoms. The van der Waals surface area contributed by atoms with E-state index in [2.05, 4.69) is 5.32 Å². The summed E-state index contributed by atoms with van der Waals surface area (Å²) >= 11 is 0. The molecule has 3 N–H and O–H groups in total. The average molecular weight is 272 g/mol. The summed E-state index contributed by atoms with van der Waals surface area (Å²) in [6, 6.07) is -1.86. The Morgan fingerprint density at radius 3 is 2.42 bits per heavy atom. The molecule has 0 bridgehead atoms. The summed E-state index contributed by atoms with van der Waals surface area (Å²) in [4.78, 5) is 35.0. The molecule has 7 heteroatoms. The molecule has 108 valence electrons. The van der Waals surface area contributed by atoms with Gasteiger partial charge in [0.05, 0.1) is 6.42 Å². The van der Waals surface area contributed by atoms with E-state index < -0.39 is 30.4 Å². The fourth-order valence-electron chi connectivity index (χ4n) is 2.18. The summed E-state index contributed by atoms with van der Waals surface area (Å²) in [5.74, 6) is -2.23. The van der Waals surface area contributed by atoms with Crippen LogP contribution in [0.2, 0.25) is 0 Å². The molecule has 7 nitrogen and oxygen atoms in total. The normalized spacial score (nSPS) is 24.6. The minimum atomic E-state index is -1.39. The monoisotopic (exact) mass is 272 g/mol. The number of rotatable bonds is 4. The van der Waals surface area contributed by atoms with Gasteiger partial charge < -0.3 is 20.4 Å². The minimum Gasteiger partial charge on any atom is -0.481 e. The number of hydrogen-bond donors (Lipinski definition) is 3. The van der Waals surface area contributed by atoms with Gasteiger partial charge >= 0.3 is 18.0 Å². The Morgan fingerprint density at radius 1 is 1.26 bits per heavy atom. The van der Waals surface area contributed by atoms with Gasteiger partial charge in [-0.1, -0.05) is 6.92 Å². The molecule has 1 fully saturated rings. The number of amides is 2. The lowest BCUT2D eigenvalue weighted by Crippen LogP contribution is -2.53. The molecule has 1 rings (SSSR count). The van der Waals surface area contributed by atoms with Crippen molar-refractivity contribution >= 4 is 18.0 Å². The van der Waals surface area contributed by atoms with Crippen LogP contribution in [0, 0.1) is 5.92 Å². The summed E-state index contributed by atoms with van der Waals surface area (Å²) in [5, 5.41) is 19.8. The van der Waals surface area contributed by atoms with Gasteiger partial charge in [0.25, 0.3) is 0 Å². The summed E-state index contributed by atoms with van der Waals surface area (Å²) in [6.07, 6.45) is 1.27. The van der Waals surface area contributed by atoms with E-state index in [-0.39, 0.29) is 6.04 Å². The van der Waals surface area contributed by atoms with Crippen molar-refractivity contribution in [3.05, 3.63) is 0 Å². The van der Waals surface area contributed by atoms with E-state index in [1.54, 1.807) is 4.90 Å². The van der Waals surface area contributed by atoms with Gasteiger partial charge in [-0.3, -0.25) is 4.79 Å². The number of carbonyl (C=O) groups excluding carboxylic acids is 1. The number of carboxylic acid groups (broad SMARTS) is 2. The molecule has 0 saturated carbocycles. The molecule has 1 aliphatic rings. The first kappa shape index (κ1) is 15.3. The lowest BCUT2D eigenvalue weighted by Gasteiger charge is -2.37. The van der Waals surface area contributed by atoms with E-state index in [1.807, 2.05) is 13.8 Å². The quantitative estimate of drug-likeness (QED) is 0.700. The predicted molar refractivity (Wildman–Crippen MR) is 66.8 cm³/mol. The van der Waals surface area contributed by atoms with Crippen molar-refractivity contribution in [2.75, 3.05) is 6.54 Å². The van der Waals surface area contributed by atoms with Crippen molar-refractivity contribution < 1.29 is 24.6 Å². The molecule has 1 heterocycles. The van der Waals surface area contributed by atoms with Crippen LogP contribution in [0.25, 0.3) is 0 Å². The van der Waals surface area contributed by atoms with Crippen molar-refractivity contribution in [1.29, 1.82) is 0 Å². The molecule has 2 unspecified atom stereocenters.